The van der Waals surface area contributed by atoms with Gasteiger partial charge in [0.1, 0.15) is 5.76 Å². The Bertz CT molecular complexity index is 812. The second-order valence-electron chi connectivity index (χ2n) is 5.68. The van der Waals surface area contributed by atoms with Gasteiger partial charge in [0.15, 0.2) is 17.5 Å². The summed E-state index contributed by atoms with van der Waals surface area (Å²) in [4.78, 5) is 23.2. The summed E-state index contributed by atoms with van der Waals surface area (Å²) in [5.74, 6) is 0.179. The number of carbonyl (C=O) groups excluding carboxylic acids is 2. The van der Waals surface area contributed by atoms with Crippen LogP contribution in [-0.4, -0.2) is 17.9 Å². The van der Waals surface area contributed by atoms with Crippen molar-refractivity contribution in [2.45, 2.75) is 25.6 Å². The lowest BCUT2D eigenvalue weighted by Gasteiger charge is -2.27. The molecule has 1 aromatic carbocycles. The van der Waals surface area contributed by atoms with Crippen molar-refractivity contribution in [3.05, 3.63) is 65.0 Å². The molecule has 0 saturated carbocycles. The highest BCUT2D eigenvalue weighted by molar-refractivity contribution is 6.21. The Hall–Kier alpha value is -2.46. The smallest absolute Gasteiger partial charge is 0.307 e. The van der Waals surface area contributed by atoms with Crippen molar-refractivity contribution in [2.24, 2.45) is 0 Å². The van der Waals surface area contributed by atoms with E-state index in [1.165, 1.54) is 6.92 Å². The van der Waals surface area contributed by atoms with Crippen LogP contribution in [0.25, 0.3) is 5.57 Å². The summed E-state index contributed by atoms with van der Waals surface area (Å²) < 4.78 is 11.2. The van der Waals surface area contributed by atoms with Crippen molar-refractivity contribution in [1.82, 2.24) is 0 Å². The second kappa shape index (κ2) is 4.27. The highest BCUT2D eigenvalue weighted by atomic mass is 16.6. The standard InChI is InChI=1S/C18H14O4/c1-10(19)14-9-12-7-8-16(21-11(2)20)17-18(12,22-17)15-6-4-3-5-13(14)15/h3-9,17H,1-2H3/t17-,18-/m1/s1. The molecule has 0 radical (unpaired) electrons. The van der Waals surface area contributed by atoms with E-state index in [4.69, 9.17) is 9.47 Å². The second-order valence-corrected chi connectivity index (χ2v) is 5.68. The van der Waals surface area contributed by atoms with Crippen LogP contribution >= 0.6 is 0 Å². The SMILES string of the molecule is CC(=O)OC1=CC=C2C=C(C(C)=O)c3ccccc3[C@]23O[C@H]13. The van der Waals surface area contributed by atoms with Crippen molar-refractivity contribution >= 4 is 17.3 Å². The normalized spacial score (nSPS) is 27.4. The van der Waals surface area contributed by atoms with Crippen LogP contribution in [-0.2, 0) is 24.7 Å². The predicted octanol–water partition coefficient (Wildman–Crippen LogP) is 2.65. The third-order valence-electron chi connectivity index (χ3n) is 4.29. The number of benzene rings is 1. The topological polar surface area (TPSA) is 55.9 Å². The Balaban J connectivity index is 1.89. The number of esters is 1. The molecule has 0 N–H and O–H groups in total. The van der Waals surface area contributed by atoms with Crippen molar-refractivity contribution in [3.8, 4) is 0 Å². The zero-order chi connectivity index (χ0) is 15.5. The third-order valence-corrected chi connectivity index (χ3v) is 4.29. The van der Waals surface area contributed by atoms with Crippen molar-refractivity contribution in [1.29, 1.82) is 0 Å². The number of hydrogen-bond donors (Lipinski definition) is 0. The minimum atomic E-state index is -0.616. The van der Waals surface area contributed by atoms with E-state index in [9.17, 15) is 9.59 Å². The molecule has 110 valence electrons. The molecule has 0 amide bonds. The molecule has 1 aromatic rings. The summed E-state index contributed by atoms with van der Waals surface area (Å²) in [6.45, 7) is 2.94. The Morgan fingerprint density at radius 2 is 1.95 bits per heavy atom. The van der Waals surface area contributed by atoms with Gasteiger partial charge in [-0.1, -0.05) is 30.3 Å². The minimum absolute atomic E-state index is 0.0233. The van der Waals surface area contributed by atoms with Crippen molar-refractivity contribution in [2.75, 3.05) is 0 Å². The fourth-order valence-electron chi connectivity index (χ4n) is 3.35. The molecular formula is C18H14O4. The summed E-state index contributed by atoms with van der Waals surface area (Å²) >= 11 is 0. The fraction of sp³-hybridized carbons (Fsp3) is 0.222. The number of carbonyl (C=O) groups is 2. The van der Waals surface area contributed by atoms with E-state index in [1.807, 2.05) is 36.4 Å². The van der Waals surface area contributed by atoms with Crippen molar-refractivity contribution in [3.63, 3.8) is 0 Å². The molecule has 1 spiro atoms. The Morgan fingerprint density at radius 1 is 1.18 bits per heavy atom. The largest absolute Gasteiger partial charge is 0.428 e. The van der Waals surface area contributed by atoms with Gasteiger partial charge in [0.25, 0.3) is 0 Å². The van der Waals surface area contributed by atoms with E-state index in [0.29, 0.717) is 11.3 Å². The first-order chi connectivity index (χ1) is 10.5. The molecule has 0 unspecified atom stereocenters. The van der Waals surface area contributed by atoms with Gasteiger partial charge < -0.3 is 9.47 Å². The number of ketones is 1. The lowest BCUT2D eigenvalue weighted by atomic mass is 9.75. The van der Waals surface area contributed by atoms with Crippen LogP contribution in [0.4, 0.5) is 0 Å². The maximum atomic E-state index is 11.9. The van der Waals surface area contributed by atoms with Crippen LogP contribution in [0.2, 0.25) is 0 Å². The number of allylic oxidation sites excluding steroid dienone is 3. The van der Waals surface area contributed by atoms with Crippen LogP contribution in [0.15, 0.2) is 53.8 Å². The molecule has 22 heavy (non-hydrogen) atoms. The van der Waals surface area contributed by atoms with E-state index in [-0.39, 0.29) is 17.9 Å². The maximum absolute atomic E-state index is 11.9. The molecule has 4 heteroatoms. The summed E-state index contributed by atoms with van der Waals surface area (Å²) in [5, 5.41) is 0. The summed E-state index contributed by atoms with van der Waals surface area (Å²) in [6.07, 6.45) is 5.18. The van der Waals surface area contributed by atoms with Crippen molar-refractivity contribution < 1.29 is 19.1 Å². The average Bonchev–Trinajstić information content (AvgIpc) is 3.22. The van der Waals surface area contributed by atoms with Crippen LogP contribution in [0.3, 0.4) is 0 Å². The van der Waals surface area contributed by atoms with Crippen LogP contribution in [0.1, 0.15) is 25.0 Å². The maximum Gasteiger partial charge on any atom is 0.307 e. The number of rotatable bonds is 2. The quantitative estimate of drug-likeness (QED) is 0.621. The van der Waals surface area contributed by atoms with Gasteiger partial charge in [0, 0.05) is 12.5 Å². The molecule has 0 bridgehead atoms. The third kappa shape index (κ3) is 1.61. The Kier molecular flexibility index (Phi) is 2.57. The van der Waals surface area contributed by atoms with Gasteiger partial charge in [-0.2, -0.15) is 0 Å². The lowest BCUT2D eigenvalue weighted by Crippen LogP contribution is -2.25. The van der Waals surface area contributed by atoms with Gasteiger partial charge in [0.05, 0.1) is 0 Å². The lowest BCUT2D eigenvalue weighted by molar-refractivity contribution is -0.137. The molecule has 2 atom stereocenters. The highest BCUT2D eigenvalue weighted by Gasteiger charge is 2.65. The number of hydrogen-bond acceptors (Lipinski definition) is 4. The summed E-state index contributed by atoms with van der Waals surface area (Å²) in [7, 11) is 0. The van der Waals surface area contributed by atoms with Gasteiger partial charge >= 0.3 is 5.97 Å². The number of ether oxygens (including phenoxy) is 2. The molecule has 4 rings (SSSR count). The first kappa shape index (κ1) is 13.2. The molecule has 0 aromatic heterocycles. The van der Waals surface area contributed by atoms with E-state index in [2.05, 4.69) is 0 Å². The number of Topliss-reactive ketones (excluding diaryl/α,β-unsaturated/α-hetero) is 1. The van der Waals surface area contributed by atoms with E-state index in [1.54, 1.807) is 13.0 Å². The monoisotopic (exact) mass is 294 g/mol. The number of fused-ring (bicyclic) bond motifs is 1. The zero-order valence-corrected chi connectivity index (χ0v) is 12.3. The first-order valence-corrected chi connectivity index (χ1v) is 7.15. The van der Waals surface area contributed by atoms with Gasteiger partial charge in [-0.25, -0.2) is 0 Å². The van der Waals surface area contributed by atoms with E-state index >= 15 is 0 Å². The molecule has 4 nitrogen and oxygen atoms in total. The average molecular weight is 294 g/mol. The molecule has 1 aliphatic heterocycles. The predicted molar refractivity (Wildman–Crippen MR) is 79.6 cm³/mol. The number of epoxide rings is 1. The first-order valence-electron chi connectivity index (χ1n) is 7.15. The molecule has 3 aliphatic rings. The van der Waals surface area contributed by atoms with Gasteiger partial charge in [0.2, 0.25) is 0 Å². The van der Waals surface area contributed by atoms with Crippen LogP contribution in [0, 0.1) is 0 Å². The van der Waals surface area contributed by atoms with Gasteiger partial charge in [-0.15, -0.1) is 0 Å². The molecular weight excluding hydrogens is 280 g/mol. The van der Waals surface area contributed by atoms with Crippen LogP contribution < -0.4 is 0 Å². The van der Waals surface area contributed by atoms with E-state index < -0.39 is 5.60 Å². The molecule has 2 aliphatic carbocycles. The molecule has 1 saturated heterocycles. The zero-order valence-electron chi connectivity index (χ0n) is 12.3. The summed E-state index contributed by atoms with van der Waals surface area (Å²) in [6, 6.07) is 7.73. The van der Waals surface area contributed by atoms with Crippen LogP contribution in [0.5, 0.6) is 0 Å². The summed E-state index contributed by atoms with van der Waals surface area (Å²) in [5.41, 5.74) is 2.84. The van der Waals surface area contributed by atoms with E-state index in [0.717, 1.165) is 16.7 Å². The molecule has 1 fully saturated rings. The Morgan fingerprint density at radius 3 is 2.68 bits per heavy atom. The molecule has 1 heterocycles. The Labute approximate surface area is 127 Å². The van der Waals surface area contributed by atoms with Gasteiger partial charge in [-0.05, 0) is 35.8 Å². The van der Waals surface area contributed by atoms with Gasteiger partial charge in [-0.3, -0.25) is 9.59 Å². The highest BCUT2D eigenvalue weighted by Crippen LogP contribution is 2.60. The fourth-order valence-corrected chi connectivity index (χ4v) is 3.35. The minimum Gasteiger partial charge on any atom is -0.428 e.